The highest BCUT2D eigenvalue weighted by atomic mass is 32.2. The fourth-order valence-corrected chi connectivity index (χ4v) is 3.28. The Morgan fingerprint density at radius 2 is 1.86 bits per heavy atom. The summed E-state index contributed by atoms with van der Waals surface area (Å²) in [6.07, 6.45) is 1.52. The molecule has 3 rings (SSSR count). The molecular formula is C14H12BNO5S. The van der Waals surface area contributed by atoms with Gasteiger partial charge < -0.3 is 14.8 Å². The van der Waals surface area contributed by atoms with Gasteiger partial charge in [0.2, 0.25) is 0 Å². The lowest BCUT2D eigenvalue weighted by Gasteiger charge is -2.09. The number of ether oxygens (including phenoxy) is 1. The van der Waals surface area contributed by atoms with E-state index in [1.807, 2.05) is 12.1 Å². The van der Waals surface area contributed by atoms with E-state index in [4.69, 9.17) is 14.8 Å². The quantitative estimate of drug-likeness (QED) is 0.710. The molecule has 0 radical (unpaired) electrons. The van der Waals surface area contributed by atoms with Gasteiger partial charge in [-0.2, -0.15) is 0 Å². The minimum absolute atomic E-state index is 0.0136. The molecule has 0 aliphatic carbocycles. The highest BCUT2D eigenvalue weighted by Crippen LogP contribution is 2.36. The summed E-state index contributed by atoms with van der Waals surface area (Å²) in [5.74, 6) is 1.07. The first-order valence-corrected chi connectivity index (χ1v) is 8.15. The van der Waals surface area contributed by atoms with E-state index in [1.54, 1.807) is 12.1 Å². The molecule has 0 aromatic heterocycles. The third-order valence-corrected chi connectivity index (χ3v) is 4.85. The molecule has 8 heteroatoms. The van der Waals surface area contributed by atoms with E-state index < -0.39 is 22.6 Å². The lowest BCUT2D eigenvalue weighted by atomic mass is 9.98. The van der Waals surface area contributed by atoms with Crippen LogP contribution in [0.3, 0.4) is 0 Å². The standard InChI is InChI=1S/C14H12BNO5S/c17-15(18)9-22(19,20)11-5-6-13-10(7-11)8-16-12-3-1-2-4-14(12)21-13/h1-8,17-18H,9H2. The lowest BCUT2D eigenvalue weighted by molar-refractivity contribution is 0.414. The van der Waals surface area contributed by atoms with Gasteiger partial charge in [-0.05, 0) is 30.3 Å². The van der Waals surface area contributed by atoms with Gasteiger partial charge in [0.25, 0.3) is 0 Å². The second-order valence-electron chi connectivity index (χ2n) is 4.79. The Bertz CT molecular complexity index is 848. The number of aliphatic imine (C=N–C) groups is 1. The van der Waals surface area contributed by atoms with Crippen LogP contribution < -0.4 is 4.74 Å². The van der Waals surface area contributed by atoms with Crippen molar-refractivity contribution in [2.24, 2.45) is 4.99 Å². The normalized spacial score (nSPS) is 12.8. The highest BCUT2D eigenvalue weighted by molar-refractivity contribution is 7.92. The van der Waals surface area contributed by atoms with Crippen LogP contribution in [0.2, 0.25) is 0 Å². The first-order chi connectivity index (χ1) is 10.5. The predicted molar refractivity (Wildman–Crippen MR) is 82.5 cm³/mol. The molecule has 1 aliphatic heterocycles. The van der Waals surface area contributed by atoms with Crippen LogP contribution in [0.15, 0.2) is 52.4 Å². The summed E-state index contributed by atoms with van der Waals surface area (Å²) >= 11 is 0. The topological polar surface area (TPSA) is 96.2 Å². The molecule has 1 aliphatic rings. The van der Waals surface area contributed by atoms with E-state index >= 15 is 0 Å². The van der Waals surface area contributed by atoms with Gasteiger partial charge in [0, 0.05) is 11.8 Å². The SMILES string of the molecule is O=S(=O)(CB(O)O)c1ccc2c(c1)C=Nc1ccccc1O2. The summed E-state index contributed by atoms with van der Waals surface area (Å²) in [7, 11) is -5.71. The van der Waals surface area contributed by atoms with Crippen LogP contribution in [0, 0.1) is 0 Å². The summed E-state index contributed by atoms with van der Waals surface area (Å²) in [4.78, 5) is 4.26. The van der Waals surface area contributed by atoms with Crippen molar-refractivity contribution in [1.82, 2.24) is 0 Å². The van der Waals surface area contributed by atoms with E-state index in [-0.39, 0.29) is 4.90 Å². The Hall–Kier alpha value is -2.16. The molecule has 0 atom stereocenters. The molecule has 0 spiro atoms. The molecule has 112 valence electrons. The first-order valence-electron chi connectivity index (χ1n) is 6.49. The molecule has 2 aromatic carbocycles. The number of benzene rings is 2. The first kappa shape index (κ1) is 14.8. The largest absolute Gasteiger partial charge is 0.467 e. The average Bonchev–Trinajstić information content (AvgIpc) is 2.64. The van der Waals surface area contributed by atoms with Crippen molar-refractivity contribution in [3.63, 3.8) is 0 Å². The lowest BCUT2D eigenvalue weighted by Crippen LogP contribution is -2.25. The van der Waals surface area contributed by atoms with Gasteiger partial charge in [0.05, 0.1) is 10.5 Å². The number of para-hydroxylation sites is 2. The number of sulfone groups is 1. The van der Waals surface area contributed by atoms with Gasteiger partial charge in [-0.25, -0.2) is 8.42 Å². The Morgan fingerprint density at radius 1 is 1.09 bits per heavy atom. The van der Waals surface area contributed by atoms with Crippen LogP contribution in [-0.4, -0.2) is 37.5 Å². The van der Waals surface area contributed by atoms with E-state index in [0.717, 1.165) is 0 Å². The number of nitrogens with zero attached hydrogens (tertiary/aromatic N) is 1. The van der Waals surface area contributed by atoms with Crippen molar-refractivity contribution in [1.29, 1.82) is 0 Å². The third kappa shape index (κ3) is 2.89. The molecule has 1 heterocycles. The van der Waals surface area contributed by atoms with Crippen LogP contribution in [0.25, 0.3) is 0 Å². The Morgan fingerprint density at radius 3 is 2.64 bits per heavy atom. The third-order valence-electron chi connectivity index (χ3n) is 3.14. The predicted octanol–water partition coefficient (Wildman–Crippen LogP) is 1.33. The number of hydrogen-bond acceptors (Lipinski definition) is 6. The summed E-state index contributed by atoms with van der Waals surface area (Å²) in [6, 6.07) is 11.5. The van der Waals surface area contributed by atoms with Crippen molar-refractivity contribution < 1.29 is 23.2 Å². The minimum Gasteiger partial charge on any atom is -0.454 e. The molecule has 0 fully saturated rings. The fourth-order valence-electron chi connectivity index (χ4n) is 2.11. The zero-order valence-corrected chi connectivity index (χ0v) is 12.2. The summed E-state index contributed by atoms with van der Waals surface area (Å²) in [5, 5.41) is 17.8. The van der Waals surface area contributed by atoms with E-state index in [2.05, 4.69) is 4.99 Å². The number of rotatable bonds is 3. The molecule has 0 amide bonds. The van der Waals surface area contributed by atoms with Crippen LogP contribution in [-0.2, 0) is 9.84 Å². The minimum atomic E-state index is -3.79. The van der Waals surface area contributed by atoms with Crippen molar-refractivity contribution in [2.75, 3.05) is 5.65 Å². The zero-order valence-electron chi connectivity index (χ0n) is 11.4. The van der Waals surface area contributed by atoms with Gasteiger partial charge in [0.1, 0.15) is 11.4 Å². The molecule has 0 saturated carbocycles. The van der Waals surface area contributed by atoms with Crippen LogP contribution in [0.4, 0.5) is 5.69 Å². The van der Waals surface area contributed by atoms with Crippen LogP contribution >= 0.6 is 0 Å². The van der Waals surface area contributed by atoms with Crippen molar-refractivity contribution in [2.45, 2.75) is 4.90 Å². The second kappa shape index (κ2) is 5.56. The number of hydrogen-bond donors (Lipinski definition) is 2. The zero-order chi connectivity index (χ0) is 15.7. The molecule has 22 heavy (non-hydrogen) atoms. The maximum Gasteiger partial charge on any atom is 0.467 e. The van der Waals surface area contributed by atoms with Crippen molar-refractivity contribution in [3.05, 3.63) is 48.0 Å². The van der Waals surface area contributed by atoms with Crippen LogP contribution in [0.5, 0.6) is 11.5 Å². The fraction of sp³-hybridized carbons (Fsp3) is 0.0714. The second-order valence-corrected chi connectivity index (χ2v) is 6.82. The summed E-state index contributed by atoms with van der Waals surface area (Å²) in [5.41, 5.74) is 0.392. The maximum atomic E-state index is 12.0. The van der Waals surface area contributed by atoms with E-state index in [0.29, 0.717) is 22.7 Å². The van der Waals surface area contributed by atoms with Gasteiger partial charge in [-0.1, -0.05) is 12.1 Å². The van der Waals surface area contributed by atoms with Crippen molar-refractivity contribution >= 4 is 28.9 Å². The molecule has 0 bridgehead atoms. The van der Waals surface area contributed by atoms with E-state index in [1.165, 1.54) is 24.4 Å². The number of fused-ring (bicyclic) bond motifs is 2. The van der Waals surface area contributed by atoms with Crippen LogP contribution in [0.1, 0.15) is 5.56 Å². The summed E-state index contributed by atoms with van der Waals surface area (Å²) in [6.45, 7) is 0. The van der Waals surface area contributed by atoms with Crippen molar-refractivity contribution in [3.8, 4) is 11.5 Å². The average molecular weight is 317 g/mol. The smallest absolute Gasteiger partial charge is 0.454 e. The maximum absolute atomic E-state index is 12.0. The molecule has 2 aromatic rings. The van der Waals surface area contributed by atoms with E-state index in [9.17, 15) is 8.42 Å². The highest BCUT2D eigenvalue weighted by Gasteiger charge is 2.24. The van der Waals surface area contributed by atoms with Gasteiger partial charge in [0.15, 0.2) is 15.6 Å². The van der Waals surface area contributed by atoms with Gasteiger partial charge in [-0.15, -0.1) is 0 Å². The van der Waals surface area contributed by atoms with Gasteiger partial charge >= 0.3 is 7.12 Å². The molecule has 0 unspecified atom stereocenters. The summed E-state index contributed by atoms with van der Waals surface area (Å²) < 4.78 is 29.8. The Kier molecular flexibility index (Phi) is 3.73. The molecule has 2 N–H and O–H groups in total. The molecule has 0 saturated heterocycles. The molecular weight excluding hydrogens is 305 g/mol. The monoisotopic (exact) mass is 317 g/mol. The Balaban J connectivity index is 2.02. The van der Waals surface area contributed by atoms with Gasteiger partial charge in [-0.3, -0.25) is 4.99 Å². The Labute approximate surface area is 127 Å². The molecule has 6 nitrogen and oxygen atoms in total.